The Morgan fingerprint density at radius 1 is 0.913 bits per heavy atom. The molecule has 4 nitrogen and oxygen atoms in total. The molecule has 0 atom stereocenters. The fourth-order valence-electron chi connectivity index (χ4n) is 2.54. The van der Waals surface area contributed by atoms with E-state index in [0.29, 0.717) is 4.90 Å². The van der Waals surface area contributed by atoms with Gasteiger partial charge in [-0.25, -0.2) is 13.1 Å². The summed E-state index contributed by atoms with van der Waals surface area (Å²) in [6.07, 6.45) is 0. The van der Waals surface area contributed by atoms with Crippen molar-refractivity contribution in [3.63, 3.8) is 0 Å². The van der Waals surface area contributed by atoms with E-state index in [0.717, 1.165) is 28.0 Å². The van der Waals surface area contributed by atoms with Gasteiger partial charge in [-0.15, -0.1) is 0 Å². The molecule has 0 amide bonds. The van der Waals surface area contributed by atoms with Gasteiger partial charge in [0.05, 0.1) is 4.90 Å². The van der Waals surface area contributed by atoms with E-state index in [9.17, 15) is 8.42 Å². The Kier molecular flexibility index (Phi) is 5.44. The Labute approximate surface area is 138 Å². The Bertz CT molecular complexity index is 778. The number of benzene rings is 2. The van der Waals surface area contributed by atoms with Crippen LogP contribution in [0.4, 0.5) is 0 Å². The van der Waals surface area contributed by atoms with Gasteiger partial charge in [0.2, 0.25) is 10.0 Å². The Balaban J connectivity index is 1.95. The van der Waals surface area contributed by atoms with Gasteiger partial charge in [-0.2, -0.15) is 0 Å². The number of hydrogen-bond acceptors (Lipinski definition) is 3. The molecule has 5 heteroatoms. The number of sulfonamides is 1. The highest BCUT2D eigenvalue weighted by Crippen LogP contribution is 2.17. The Morgan fingerprint density at radius 2 is 1.57 bits per heavy atom. The lowest BCUT2D eigenvalue weighted by molar-refractivity contribution is 0.322. The highest BCUT2D eigenvalue weighted by molar-refractivity contribution is 7.89. The van der Waals surface area contributed by atoms with E-state index in [1.165, 1.54) is 0 Å². The lowest BCUT2D eigenvalue weighted by Gasteiger charge is -2.11. The maximum absolute atomic E-state index is 12.3. The van der Waals surface area contributed by atoms with E-state index in [-0.39, 0.29) is 13.2 Å². The van der Waals surface area contributed by atoms with E-state index in [1.54, 1.807) is 19.1 Å². The molecule has 0 spiro atoms. The van der Waals surface area contributed by atoms with Crippen molar-refractivity contribution in [3.05, 3.63) is 58.7 Å². The molecule has 1 N–H and O–H groups in total. The van der Waals surface area contributed by atoms with Crippen molar-refractivity contribution in [3.8, 4) is 5.75 Å². The molecular formula is C18H23NO3S. The van der Waals surface area contributed by atoms with E-state index >= 15 is 0 Å². The summed E-state index contributed by atoms with van der Waals surface area (Å²) in [5.74, 6) is 0.758. The van der Waals surface area contributed by atoms with Gasteiger partial charge in [0.1, 0.15) is 12.4 Å². The average Bonchev–Trinajstić information content (AvgIpc) is 2.42. The maximum atomic E-state index is 12.3. The van der Waals surface area contributed by atoms with Gasteiger partial charge in [-0.1, -0.05) is 23.8 Å². The molecule has 0 aromatic heterocycles. The molecule has 2 aromatic rings. The fraction of sp³-hybridized carbons (Fsp3) is 0.333. The minimum atomic E-state index is -3.51. The topological polar surface area (TPSA) is 55.4 Å². The van der Waals surface area contributed by atoms with E-state index < -0.39 is 10.0 Å². The molecule has 0 bridgehead atoms. The van der Waals surface area contributed by atoms with Crippen LogP contribution in [0.2, 0.25) is 0 Å². The van der Waals surface area contributed by atoms with Gasteiger partial charge in [0.25, 0.3) is 0 Å². The van der Waals surface area contributed by atoms with Crippen LogP contribution in [0.15, 0.2) is 41.3 Å². The highest BCUT2D eigenvalue weighted by atomic mass is 32.2. The minimum Gasteiger partial charge on any atom is -0.492 e. The van der Waals surface area contributed by atoms with Crippen molar-refractivity contribution in [2.45, 2.75) is 32.6 Å². The maximum Gasteiger partial charge on any atom is 0.240 e. The third-order valence-electron chi connectivity index (χ3n) is 3.48. The molecule has 23 heavy (non-hydrogen) atoms. The summed E-state index contributed by atoms with van der Waals surface area (Å²) in [5.41, 5.74) is 4.03. The van der Waals surface area contributed by atoms with Gasteiger partial charge in [0.15, 0.2) is 0 Å². The van der Waals surface area contributed by atoms with Crippen molar-refractivity contribution in [2.24, 2.45) is 0 Å². The van der Waals surface area contributed by atoms with Crippen molar-refractivity contribution < 1.29 is 13.2 Å². The molecular weight excluding hydrogens is 310 g/mol. The molecule has 2 rings (SSSR count). The number of ether oxygens (including phenoxy) is 1. The fourth-order valence-corrected chi connectivity index (χ4v) is 3.78. The normalized spacial score (nSPS) is 11.5. The molecule has 0 unspecified atom stereocenters. The molecule has 0 heterocycles. The summed E-state index contributed by atoms with van der Waals surface area (Å²) >= 11 is 0. The number of nitrogens with one attached hydrogen (secondary N) is 1. The third-order valence-corrected chi connectivity index (χ3v) is 5.10. The molecule has 0 aliphatic heterocycles. The first-order chi connectivity index (χ1) is 10.8. The summed E-state index contributed by atoms with van der Waals surface area (Å²) in [6, 6.07) is 11.2. The molecule has 124 valence electrons. The van der Waals surface area contributed by atoms with Gasteiger partial charge in [-0.3, -0.25) is 0 Å². The van der Waals surface area contributed by atoms with Gasteiger partial charge < -0.3 is 4.74 Å². The Morgan fingerprint density at radius 3 is 2.17 bits per heavy atom. The van der Waals surface area contributed by atoms with Crippen LogP contribution in [0.3, 0.4) is 0 Å². The summed E-state index contributed by atoms with van der Waals surface area (Å²) in [7, 11) is -3.51. The molecule has 0 saturated carbocycles. The van der Waals surface area contributed by atoms with Crippen LogP contribution in [0.5, 0.6) is 5.75 Å². The summed E-state index contributed by atoms with van der Waals surface area (Å²) in [5, 5.41) is 0. The van der Waals surface area contributed by atoms with Crippen LogP contribution in [-0.2, 0) is 10.0 Å². The third kappa shape index (κ3) is 4.81. The van der Waals surface area contributed by atoms with Gasteiger partial charge in [-0.05, 0) is 62.6 Å². The lowest BCUT2D eigenvalue weighted by atomic mass is 10.1. The minimum absolute atomic E-state index is 0.225. The first-order valence-electron chi connectivity index (χ1n) is 7.56. The summed E-state index contributed by atoms with van der Waals surface area (Å²) in [4.78, 5) is 0.314. The zero-order valence-electron chi connectivity index (χ0n) is 14.0. The van der Waals surface area contributed by atoms with Crippen LogP contribution in [0.1, 0.15) is 22.3 Å². The monoisotopic (exact) mass is 333 g/mol. The second-order valence-electron chi connectivity index (χ2n) is 5.84. The van der Waals surface area contributed by atoms with E-state index in [4.69, 9.17) is 4.74 Å². The van der Waals surface area contributed by atoms with Gasteiger partial charge >= 0.3 is 0 Å². The van der Waals surface area contributed by atoms with Crippen molar-refractivity contribution >= 4 is 10.0 Å². The second-order valence-corrected chi connectivity index (χ2v) is 7.57. The smallest absolute Gasteiger partial charge is 0.240 e. The van der Waals surface area contributed by atoms with Crippen LogP contribution >= 0.6 is 0 Å². The zero-order chi connectivity index (χ0) is 17.0. The second kappa shape index (κ2) is 7.15. The van der Waals surface area contributed by atoms with Gasteiger partial charge in [0, 0.05) is 6.54 Å². The zero-order valence-corrected chi connectivity index (χ0v) is 14.8. The molecule has 2 aromatic carbocycles. The number of aryl methyl sites for hydroxylation is 4. The number of rotatable bonds is 6. The van der Waals surface area contributed by atoms with Crippen molar-refractivity contribution in [2.75, 3.05) is 13.2 Å². The molecule has 0 aliphatic carbocycles. The largest absolute Gasteiger partial charge is 0.492 e. The average molecular weight is 333 g/mol. The predicted octanol–water partition coefficient (Wildman–Crippen LogP) is 3.28. The lowest BCUT2D eigenvalue weighted by Crippen LogP contribution is -2.28. The molecule has 0 fully saturated rings. The van der Waals surface area contributed by atoms with Crippen LogP contribution < -0.4 is 9.46 Å². The molecule has 0 saturated heterocycles. The standard InChI is InChI=1S/C18H23NO3S/c1-13-5-6-18(16(4)10-13)23(20,21)19-7-8-22-17-11-14(2)9-15(3)12-17/h5-6,9-12,19H,7-8H2,1-4H3. The number of hydrogen-bond donors (Lipinski definition) is 1. The quantitative estimate of drug-likeness (QED) is 0.826. The summed E-state index contributed by atoms with van der Waals surface area (Å²) in [6.45, 7) is 8.25. The SMILES string of the molecule is Cc1cc(C)cc(OCCNS(=O)(=O)c2ccc(C)cc2C)c1. The highest BCUT2D eigenvalue weighted by Gasteiger charge is 2.16. The summed E-state index contributed by atoms with van der Waals surface area (Å²) < 4.78 is 32.8. The van der Waals surface area contributed by atoms with E-state index in [2.05, 4.69) is 10.8 Å². The first kappa shape index (κ1) is 17.5. The van der Waals surface area contributed by atoms with E-state index in [1.807, 2.05) is 39.0 Å². The van der Waals surface area contributed by atoms with Crippen molar-refractivity contribution in [1.29, 1.82) is 0 Å². The van der Waals surface area contributed by atoms with Crippen LogP contribution in [0.25, 0.3) is 0 Å². The van der Waals surface area contributed by atoms with Crippen molar-refractivity contribution in [1.82, 2.24) is 4.72 Å². The predicted molar refractivity (Wildman–Crippen MR) is 92.5 cm³/mol. The molecule has 0 aliphatic rings. The molecule has 0 radical (unpaired) electrons. The first-order valence-corrected chi connectivity index (χ1v) is 9.04. The van der Waals surface area contributed by atoms with Crippen LogP contribution in [0, 0.1) is 27.7 Å². The Hall–Kier alpha value is -1.85. The van der Waals surface area contributed by atoms with Crippen LogP contribution in [-0.4, -0.2) is 21.6 Å².